The van der Waals surface area contributed by atoms with Crippen molar-refractivity contribution in [3.8, 4) is 0 Å². The summed E-state index contributed by atoms with van der Waals surface area (Å²) in [6, 6.07) is 0. The summed E-state index contributed by atoms with van der Waals surface area (Å²) in [6.07, 6.45) is 0. The second-order valence-electron chi connectivity index (χ2n) is 3.88. The predicted molar refractivity (Wildman–Crippen MR) is 69.2 cm³/mol. The van der Waals surface area contributed by atoms with Gasteiger partial charge in [0.1, 0.15) is 0 Å². The fourth-order valence-electron chi connectivity index (χ4n) is 1.35. The summed E-state index contributed by atoms with van der Waals surface area (Å²) in [5.41, 5.74) is 0.952. The molecule has 0 unspecified atom stereocenters. The lowest BCUT2D eigenvalue weighted by Crippen LogP contribution is -2.43. The zero-order chi connectivity index (χ0) is 11.4. The van der Waals surface area contributed by atoms with E-state index in [-0.39, 0.29) is 5.91 Å². The molecule has 16 heavy (non-hydrogen) atoms. The Labute approximate surface area is 103 Å². The molecule has 4 nitrogen and oxygen atoms in total. The Morgan fingerprint density at radius 2 is 2.56 bits per heavy atom. The maximum Gasteiger partial charge on any atom is 0.236 e. The molecule has 2 N–H and O–H groups in total. The van der Waals surface area contributed by atoms with Gasteiger partial charge in [-0.05, 0) is 31.7 Å². The molecule has 0 atom stereocenters. The molecule has 0 bridgehead atoms. The molecule has 0 radical (unpaired) electrons. The van der Waals surface area contributed by atoms with Crippen molar-refractivity contribution in [1.82, 2.24) is 10.3 Å². The minimum atomic E-state index is 0.0478. The third kappa shape index (κ3) is 3.47. The van der Waals surface area contributed by atoms with Gasteiger partial charge in [0.05, 0.1) is 11.4 Å². The smallest absolute Gasteiger partial charge is 0.236 e. The van der Waals surface area contributed by atoms with E-state index in [1.54, 1.807) is 11.8 Å². The standard InChI is InChI=1S/C10H15N3OS2/c1-7-4-16-10(12-7)13-9(14)6-15-5-8-2-11-3-8/h4,8,11H,2-3,5-6H2,1H3,(H,12,13,14). The number of aryl methyl sites for hydroxylation is 1. The molecule has 1 fully saturated rings. The fourth-order valence-corrected chi connectivity index (χ4v) is 3.00. The van der Waals surface area contributed by atoms with E-state index < -0.39 is 0 Å². The lowest BCUT2D eigenvalue weighted by molar-refractivity contribution is -0.113. The van der Waals surface area contributed by atoms with Crippen molar-refractivity contribution in [2.75, 3.05) is 29.9 Å². The Morgan fingerprint density at radius 1 is 1.75 bits per heavy atom. The molecular weight excluding hydrogens is 242 g/mol. The summed E-state index contributed by atoms with van der Waals surface area (Å²) >= 11 is 3.17. The van der Waals surface area contributed by atoms with Crippen molar-refractivity contribution in [1.29, 1.82) is 0 Å². The highest BCUT2D eigenvalue weighted by Crippen LogP contribution is 2.16. The molecule has 0 saturated carbocycles. The topological polar surface area (TPSA) is 54.0 Å². The summed E-state index contributed by atoms with van der Waals surface area (Å²) < 4.78 is 0. The number of thiazole rings is 1. The number of carbonyl (C=O) groups is 1. The first-order chi connectivity index (χ1) is 7.74. The first-order valence-electron chi connectivity index (χ1n) is 5.24. The molecule has 1 amide bonds. The van der Waals surface area contributed by atoms with E-state index >= 15 is 0 Å². The summed E-state index contributed by atoms with van der Waals surface area (Å²) in [6.45, 7) is 4.12. The average Bonchev–Trinajstić information content (AvgIpc) is 2.56. The van der Waals surface area contributed by atoms with Gasteiger partial charge < -0.3 is 10.6 Å². The number of carbonyl (C=O) groups excluding carboxylic acids is 1. The molecule has 6 heteroatoms. The molecular formula is C10H15N3OS2. The maximum atomic E-state index is 11.5. The van der Waals surface area contributed by atoms with E-state index in [1.807, 2.05) is 12.3 Å². The third-order valence-electron chi connectivity index (χ3n) is 2.32. The number of amides is 1. The second-order valence-corrected chi connectivity index (χ2v) is 5.77. The average molecular weight is 257 g/mol. The largest absolute Gasteiger partial charge is 0.316 e. The molecule has 2 rings (SSSR count). The molecule has 0 aromatic carbocycles. The van der Waals surface area contributed by atoms with E-state index in [9.17, 15) is 4.79 Å². The molecule has 1 saturated heterocycles. The number of thioether (sulfide) groups is 1. The number of aromatic nitrogens is 1. The Bertz CT molecular complexity index is 363. The van der Waals surface area contributed by atoms with Gasteiger partial charge in [-0.25, -0.2) is 4.98 Å². The van der Waals surface area contributed by atoms with Crippen LogP contribution in [0.15, 0.2) is 5.38 Å². The van der Waals surface area contributed by atoms with Crippen molar-refractivity contribution < 1.29 is 4.79 Å². The number of rotatable bonds is 5. The molecule has 0 spiro atoms. The number of hydrogen-bond donors (Lipinski definition) is 2. The molecule has 2 heterocycles. The minimum Gasteiger partial charge on any atom is -0.316 e. The van der Waals surface area contributed by atoms with Crippen molar-refractivity contribution in [3.63, 3.8) is 0 Å². The third-order valence-corrected chi connectivity index (χ3v) is 4.37. The van der Waals surface area contributed by atoms with Gasteiger partial charge in [0.2, 0.25) is 5.91 Å². The van der Waals surface area contributed by atoms with Crippen LogP contribution in [-0.4, -0.2) is 35.5 Å². The lowest BCUT2D eigenvalue weighted by atomic mass is 10.1. The monoisotopic (exact) mass is 257 g/mol. The normalized spacial score (nSPS) is 15.8. The van der Waals surface area contributed by atoms with Crippen molar-refractivity contribution in [2.45, 2.75) is 6.92 Å². The molecule has 0 aliphatic carbocycles. The van der Waals surface area contributed by atoms with Gasteiger partial charge >= 0.3 is 0 Å². The van der Waals surface area contributed by atoms with Gasteiger partial charge in [0, 0.05) is 5.38 Å². The fraction of sp³-hybridized carbons (Fsp3) is 0.600. The van der Waals surface area contributed by atoms with E-state index in [4.69, 9.17) is 0 Å². The van der Waals surface area contributed by atoms with Crippen LogP contribution in [0.25, 0.3) is 0 Å². The summed E-state index contributed by atoms with van der Waals surface area (Å²) in [5.74, 6) is 2.39. The van der Waals surface area contributed by atoms with E-state index in [0.717, 1.165) is 30.5 Å². The highest BCUT2D eigenvalue weighted by atomic mass is 32.2. The Kier molecular flexibility index (Phi) is 4.20. The zero-order valence-electron chi connectivity index (χ0n) is 9.16. The van der Waals surface area contributed by atoms with Gasteiger partial charge in [0.25, 0.3) is 0 Å². The van der Waals surface area contributed by atoms with E-state index in [1.165, 1.54) is 11.3 Å². The highest BCUT2D eigenvalue weighted by Gasteiger charge is 2.16. The van der Waals surface area contributed by atoms with Crippen molar-refractivity contribution in [3.05, 3.63) is 11.1 Å². The number of anilines is 1. The summed E-state index contributed by atoms with van der Waals surface area (Å²) in [4.78, 5) is 15.7. The van der Waals surface area contributed by atoms with Crippen LogP contribution in [0.5, 0.6) is 0 Å². The quantitative estimate of drug-likeness (QED) is 0.836. The van der Waals surface area contributed by atoms with E-state index in [2.05, 4.69) is 15.6 Å². The van der Waals surface area contributed by atoms with Crippen LogP contribution in [0, 0.1) is 12.8 Å². The van der Waals surface area contributed by atoms with Crippen molar-refractivity contribution in [2.24, 2.45) is 5.92 Å². The van der Waals surface area contributed by atoms with Gasteiger partial charge in [-0.2, -0.15) is 11.8 Å². The number of nitrogens with one attached hydrogen (secondary N) is 2. The molecule has 1 aliphatic rings. The SMILES string of the molecule is Cc1csc(NC(=O)CSCC2CNC2)n1. The molecule has 1 aromatic heterocycles. The van der Waals surface area contributed by atoms with Crippen LogP contribution in [-0.2, 0) is 4.79 Å². The molecule has 1 aromatic rings. The first kappa shape index (κ1) is 11.9. The molecule has 1 aliphatic heterocycles. The Hall–Kier alpha value is -0.590. The molecule has 88 valence electrons. The highest BCUT2D eigenvalue weighted by molar-refractivity contribution is 7.99. The zero-order valence-corrected chi connectivity index (χ0v) is 10.8. The Balaban J connectivity index is 1.63. The van der Waals surface area contributed by atoms with Crippen LogP contribution in [0.1, 0.15) is 5.69 Å². The van der Waals surface area contributed by atoms with Crippen LogP contribution >= 0.6 is 23.1 Å². The minimum absolute atomic E-state index is 0.0478. The second kappa shape index (κ2) is 5.65. The van der Waals surface area contributed by atoms with E-state index in [0.29, 0.717) is 10.9 Å². The van der Waals surface area contributed by atoms with Crippen LogP contribution in [0.2, 0.25) is 0 Å². The van der Waals surface area contributed by atoms with Gasteiger partial charge in [-0.1, -0.05) is 0 Å². The summed E-state index contributed by atoms with van der Waals surface area (Å²) in [5, 5.41) is 8.66. The summed E-state index contributed by atoms with van der Waals surface area (Å²) in [7, 11) is 0. The van der Waals surface area contributed by atoms with Crippen LogP contribution < -0.4 is 10.6 Å². The van der Waals surface area contributed by atoms with Gasteiger partial charge in [0.15, 0.2) is 5.13 Å². The van der Waals surface area contributed by atoms with Crippen LogP contribution in [0.3, 0.4) is 0 Å². The maximum absolute atomic E-state index is 11.5. The lowest BCUT2D eigenvalue weighted by Gasteiger charge is -2.26. The Morgan fingerprint density at radius 3 is 3.12 bits per heavy atom. The van der Waals surface area contributed by atoms with Gasteiger partial charge in [-0.3, -0.25) is 4.79 Å². The first-order valence-corrected chi connectivity index (χ1v) is 7.28. The predicted octanol–water partition coefficient (Wildman–Crippen LogP) is 1.34. The van der Waals surface area contributed by atoms with Crippen LogP contribution in [0.4, 0.5) is 5.13 Å². The van der Waals surface area contributed by atoms with Gasteiger partial charge in [-0.15, -0.1) is 11.3 Å². The van der Waals surface area contributed by atoms with Crippen molar-refractivity contribution >= 4 is 34.1 Å². The number of nitrogens with zero attached hydrogens (tertiary/aromatic N) is 1. The number of hydrogen-bond acceptors (Lipinski definition) is 5.